The van der Waals surface area contributed by atoms with E-state index in [1.165, 1.54) is 42.5 Å². The first-order valence-corrected chi connectivity index (χ1v) is 5.32. The average molecular weight is 248 g/mol. The van der Waals surface area contributed by atoms with Crippen LogP contribution in [0.25, 0.3) is 0 Å². The third-order valence-electron chi connectivity index (χ3n) is 2.33. The molecule has 18 heavy (non-hydrogen) atoms. The molecule has 0 aliphatic carbocycles. The predicted molar refractivity (Wildman–Crippen MR) is 62.6 cm³/mol. The maximum atomic E-state index is 12.9. The summed E-state index contributed by atoms with van der Waals surface area (Å²) in [5, 5.41) is 0. The Morgan fingerprint density at radius 3 is 2.39 bits per heavy atom. The molecule has 0 amide bonds. The standard InChI is InChI=1S/C14H10F2O2/c15-11-4-6-13(7-5-11)18-9-14(17)10-2-1-3-12(16)8-10/h1-8H,9H2. The van der Waals surface area contributed by atoms with Gasteiger partial charge in [0.15, 0.2) is 12.4 Å². The highest BCUT2D eigenvalue weighted by atomic mass is 19.1. The molecule has 0 fully saturated rings. The second kappa shape index (κ2) is 5.40. The lowest BCUT2D eigenvalue weighted by Gasteiger charge is -2.05. The first-order valence-electron chi connectivity index (χ1n) is 5.32. The van der Waals surface area contributed by atoms with Crippen LogP contribution in [-0.2, 0) is 0 Å². The van der Waals surface area contributed by atoms with Gasteiger partial charge < -0.3 is 4.74 Å². The van der Waals surface area contributed by atoms with E-state index in [1.807, 2.05) is 0 Å². The first-order chi connectivity index (χ1) is 8.65. The van der Waals surface area contributed by atoms with Gasteiger partial charge in [-0.1, -0.05) is 12.1 Å². The third kappa shape index (κ3) is 3.13. The molecule has 2 nitrogen and oxygen atoms in total. The summed E-state index contributed by atoms with van der Waals surface area (Å²) in [6.45, 7) is -0.213. The van der Waals surface area contributed by atoms with Crippen LogP contribution in [0.1, 0.15) is 10.4 Å². The van der Waals surface area contributed by atoms with Crippen molar-refractivity contribution in [3.8, 4) is 5.75 Å². The molecular formula is C14H10F2O2. The van der Waals surface area contributed by atoms with E-state index < -0.39 is 5.82 Å². The van der Waals surface area contributed by atoms with Crippen LogP contribution in [0.3, 0.4) is 0 Å². The van der Waals surface area contributed by atoms with Crippen LogP contribution in [0.2, 0.25) is 0 Å². The molecule has 0 aliphatic heterocycles. The van der Waals surface area contributed by atoms with Crippen LogP contribution in [0.15, 0.2) is 48.5 Å². The van der Waals surface area contributed by atoms with Gasteiger partial charge in [0, 0.05) is 5.56 Å². The second-order valence-corrected chi connectivity index (χ2v) is 3.68. The minimum absolute atomic E-state index is 0.213. The van der Waals surface area contributed by atoms with Gasteiger partial charge in [-0.05, 0) is 36.4 Å². The number of hydrogen-bond donors (Lipinski definition) is 0. The van der Waals surface area contributed by atoms with E-state index in [1.54, 1.807) is 0 Å². The van der Waals surface area contributed by atoms with E-state index in [4.69, 9.17) is 4.74 Å². The molecule has 0 saturated heterocycles. The molecule has 4 heteroatoms. The summed E-state index contributed by atoms with van der Waals surface area (Å²) < 4.78 is 30.7. The average Bonchev–Trinajstić information content (AvgIpc) is 2.38. The number of benzene rings is 2. The highest BCUT2D eigenvalue weighted by Gasteiger charge is 2.07. The Labute approximate surface area is 103 Å². The van der Waals surface area contributed by atoms with Crippen LogP contribution < -0.4 is 4.74 Å². The van der Waals surface area contributed by atoms with Crippen molar-refractivity contribution in [2.75, 3.05) is 6.61 Å². The molecule has 2 aromatic rings. The molecule has 2 rings (SSSR count). The molecule has 0 aromatic heterocycles. The van der Waals surface area contributed by atoms with Crippen LogP contribution in [0.4, 0.5) is 8.78 Å². The van der Waals surface area contributed by atoms with Crippen LogP contribution in [0.5, 0.6) is 5.75 Å². The largest absolute Gasteiger partial charge is 0.485 e. The SMILES string of the molecule is O=C(COc1ccc(F)cc1)c1cccc(F)c1. The van der Waals surface area contributed by atoms with Gasteiger partial charge in [0.05, 0.1) is 0 Å². The van der Waals surface area contributed by atoms with Crippen LogP contribution >= 0.6 is 0 Å². The zero-order chi connectivity index (χ0) is 13.0. The quantitative estimate of drug-likeness (QED) is 0.776. The van der Waals surface area contributed by atoms with Gasteiger partial charge in [-0.2, -0.15) is 0 Å². The molecule has 0 radical (unpaired) electrons. The second-order valence-electron chi connectivity index (χ2n) is 3.68. The Balaban J connectivity index is 1.98. The summed E-state index contributed by atoms with van der Waals surface area (Å²) in [6, 6.07) is 10.7. The Bertz CT molecular complexity index is 550. The van der Waals surface area contributed by atoms with Crippen molar-refractivity contribution in [3.63, 3.8) is 0 Å². The van der Waals surface area contributed by atoms with Gasteiger partial charge in [0.25, 0.3) is 0 Å². The molecule has 0 saturated carbocycles. The normalized spacial score (nSPS) is 10.1. The monoisotopic (exact) mass is 248 g/mol. The van der Waals surface area contributed by atoms with Gasteiger partial charge in [0.2, 0.25) is 0 Å². The number of Topliss-reactive ketones (excluding diaryl/α,β-unsaturated/α-hetero) is 1. The van der Waals surface area contributed by atoms with E-state index in [0.29, 0.717) is 5.75 Å². The Kier molecular flexibility index (Phi) is 3.67. The van der Waals surface area contributed by atoms with E-state index in [2.05, 4.69) is 0 Å². The maximum absolute atomic E-state index is 12.9. The summed E-state index contributed by atoms with van der Waals surface area (Å²) in [6.07, 6.45) is 0. The number of carbonyl (C=O) groups excluding carboxylic acids is 1. The topological polar surface area (TPSA) is 26.3 Å². The lowest BCUT2D eigenvalue weighted by molar-refractivity contribution is 0.0921. The highest BCUT2D eigenvalue weighted by molar-refractivity contribution is 5.97. The molecule has 0 heterocycles. The zero-order valence-electron chi connectivity index (χ0n) is 9.40. The Hall–Kier alpha value is -2.23. The summed E-state index contributed by atoms with van der Waals surface area (Å²) in [7, 11) is 0. The number of ketones is 1. The number of ether oxygens (including phenoxy) is 1. The van der Waals surface area contributed by atoms with Crippen molar-refractivity contribution >= 4 is 5.78 Å². The molecule has 0 aliphatic rings. The third-order valence-corrected chi connectivity index (χ3v) is 2.33. The summed E-state index contributed by atoms with van der Waals surface area (Å²) >= 11 is 0. The predicted octanol–water partition coefficient (Wildman–Crippen LogP) is 3.23. The molecule has 0 bridgehead atoms. The van der Waals surface area contributed by atoms with Gasteiger partial charge in [-0.15, -0.1) is 0 Å². The van der Waals surface area contributed by atoms with E-state index in [-0.39, 0.29) is 23.8 Å². The van der Waals surface area contributed by atoms with Gasteiger partial charge in [-0.3, -0.25) is 4.79 Å². The van der Waals surface area contributed by atoms with Crippen LogP contribution in [0, 0.1) is 11.6 Å². The van der Waals surface area contributed by atoms with Crippen molar-refractivity contribution in [2.45, 2.75) is 0 Å². The summed E-state index contributed by atoms with van der Waals surface area (Å²) in [5.41, 5.74) is 0.247. The van der Waals surface area contributed by atoms with E-state index in [9.17, 15) is 13.6 Å². The molecule has 2 aromatic carbocycles. The number of hydrogen-bond acceptors (Lipinski definition) is 2. The fourth-order valence-corrected chi connectivity index (χ4v) is 1.42. The highest BCUT2D eigenvalue weighted by Crippen LogP contribution is 2.12. The van der Waals surface area contributed by atoms with Crippen molar-refractivity contribution in [2.24, 2.45) is 0 Å². The Morgan fingerprint density at radius 1 is 1.00 bits per heavy atom. The minimum atomic E-state index is -0.470. The fraction of sp³-hybridized carbons (Fsp3) is 0.0714. The van der Waals surface area contributed by atoms with Crippen molar-refractivity contribution in [1.82, 2.24) is 0 Å². The number of rotatable bonds is 4. The first kappa shape index (κ1) is 12.2. The summed E-state index contributed by atoms with van der Waals surface area (Å²) in [5.74, 6) is -0.790. The lowest BCUT2D eigenvalue weighted by atomic mass is 10.1. The van der Waals surface area contributed by atoms with E-state index in [0.717, 1.165) is 6.07 Å². The zero-order valence-corrected chi connectivity index (χ0v) is 9.40. The molecule has 0 unspecified atom stereocenters. The number of halogens is 2. The van der Waals surface area contributed by atoms with Gasteiger partial charge >= 0.3 is 0 Å². The van der Waals surface area contributed by atoms with Crippen molar-refractivity contribution in [3.05, 3.63) is 65.7 Å². The molecular weight excluding hydrogens is 238 g/mol. The van der Waals surface area contributed by atoms with Crippen molar-refractivity contribution < 1.29 is 18.3 Å². The molecule has 92 valence electrons. The Morgan fingerprint density at radius 2 is 1.72 bits per heavy atom. The smallest absolute Gasteiger partial charge is 0.200 e. The maximum Gasteiger partial charge on any atom is 0.200 e. The minimum Gasteiger partial charge on any atom is -0.485 e. The van der Waals surface area contributed by atoms with Gasteiger partial charge in [0.1, 0.15) is 17.4 Å². The van der Waals surface area contributed by atoms with Crippen molar-refractivity contribution in [1.29, 1.82) is 0 Å². The molecule has 0 N–H and O–H groups in total. The number of carbonyl (C=O) groups is 1. The molecule has 0 atom stereocenters. The lowest BCUT2D eigenvalue weighted by Crippen LogP contribution is -2.11. The fourth-order valence-electron chi connectivity index (χ4n) is 1.42. The summed E-state index contributed by atoms with van der Waals surface area (Å²) in [4.78, 5) is 11.7. The van der Waals surface area contributed by atoms with E-state index >= 15 is 0 Å². The molecule has 0 spiro atoms. The van der Waals surface area contributed by atoms with Gasteiger partial charge in [-0.25, -0.2) is 8.78 Å². The van der Waals surface area contributed by atoms with Crippen LogP contribution in [-0.4, -0.2) is 12.4 Å².